The van der Waals surface area contributed by atoms with Gasteiger partial charge in [-0.1, -0.05) is 12.1 Å². The summed E-state index contributed by atoms with van der Waals surface area (Å²) in [4.78, 5) is 42.2. The lowest BCUT2D eigenvalue weighted by molar-refractivity contribution is -0.596. The Morgan fingerprint density at radius 2 is 1.87 bits per heavy atom. The van der Waals surface area contributed by atoms with Crippen LogP contribution >= 0.6 is 8.60 Å². The summed E-state index contributed by atoms with van der Waals surface area (Å²) in [5.74, 6) is -4.14. The first kappa shape index (κ1) is 34.8. The Morgan fingerprint density at radius 1 is 1.17 bits per heavy atom. The van der Waals surface area contributed by atoms with E-state index in [-0.39, 0.29) is 36.0 Å². The number of aryl methyl sites for hydroxylation is 2. The number of carboxylic acid groups (broad SMARTS) is 1. The number of aromatic nitrogens is 2. The number of alkyl halides is 3. The molecule has 2 aromatic carbocycles. The second-order valence-corrected chi connectivity index (χ2v) is 11.2. The van der Waals surface area contributed by atoms with Gasteiger partial charge in [-0.25, -0.2) is 18.1 Å². The molecule has 3 aromatic rings. The monoisotopic (exact) mass is 674 g/mol. The van der Waals surface area contributed by atoms with Gasteiger partial charge in [-0.3, -0.25) is 9.32 Å². The van der Waals surface area contributed by atoms with Crippen LogP contribution in [0.25, 0.3) is 11.8 Å². The molecule has 2 aliphatic heterocycles. The van der Waals surface area contributed by atoms with Crippen molar-refractivity contribution in [2.24, 2.45) is 0 Å². The Morgan fingerprint density at radius 3 is 2.48 bits per heavy atom. The molecule has 46 heavy (non-hydrogen) atoms. The molecular formula is C29H30F5N3O8P+. The number of rotatable bonds is 7. The van der Waals surface area contributed by atoms with Crippen LogP contribution in [0.2, 0.25) is 0 Å². The number of carboxylic acids is 1. The molecule has 17 heteroatoms. The number of ether oxygens (including phenoxy) is 2. The topological polar surface area (TPSA) is 135 Å². The van der Waals surface area contributed by atoms with Crippen molar-refractivity contribution in [3.63, 3.8) is 0 Å². The molecule has 1 aromatic heterocycles. The summed E-state index contributed by atoms with van der Waals surface area (Å²) in [5.41, 5.74) is 3.02. The molecule has 2 fully saturated rings. The van der Waals surface area contributed by atoms with Crippen LogP contribution in [0.15, 0.2) is 48.6 Å². The maximum Gasteiger partial charge on any atom is 0.490 e. The highest BCUT2D eigenvalue weighted by Crippen LogP contribution is 2.41. The molecule has 1 amide bonds. The average molecular weight is 675 g/mol. The maximum absolute atomic E-state index is 14.1. The number of methoxy groups -OCH3 is 1. The van der Waals surface area contributed by atoms with E-state index in [4.69, 9.17) is 33.7 Å². The third-order valence-corrected chi connectivity index (χ3v) is 7.72. The number of carbonyl (C=O) groups excluding carboxylic acids is 1. The molecule has 3 heterocycles. The summed E-state index contributed by atoms with van der Waals surface area (Å²) in [6.45, 7) is 3.67. The minimum absolute atomic E-state index is 0.0217. The molecule has 0 spiro atoms. The zero-order valence-corrected chi connectivity index (χ0v) is 25.6. The summed E-state index contributed by atoms with van der Waals surface area (Å²) in [6, 6.07) is 7.72. The lowest BCUT2D eigenvalue weighted by Crippen LogP contribution is -2.45. The third-order valence-electron chi connectivity index (χ3n) is 7.37. The quantitative estimate of drug-likeness (QED) is 0.144. The van der Waals surface area contributed by atoms with E-state index in [1.807, 2.05) is 29.8 Å². The maximum atomic E-state index is 14.1. The molecule has 248 valence electrons. The number of hydrogen-bond acceptors (Lipinski definition) is 7. The zero-order valence-electron chi connectivity index (χ0n) is 24.7. The molecule has 0 radical (unpaired) electrons. The van der Waals surface area contributed by atoms with E-state index in [0.717, 1.165) is 11.4 Å². The van der Waals surface area contributed by atoms with Crippen LogP contribution in [0.3, 0.4) is 0 Å². The number of imidazole rings is 1. The number of halogens is 5. The van der Waals surface area contributed by atoms with Crippen LogP contribution in [-0.4, -0.2) is 62.2 Å². The molecule has 0 saturated carbocycles. The number of carbonyl (C=O) groups is 2. The fourth-order valence-corrected chi connectivity index (χ4v) is 5.41. The normalized spacial score (nSPS) is 18.7. The van der Waals surface area contributed by atoms with E-state index in [0.29, 0.717) is 36.3 Å². The molecule has 0 bridgehead atoms. The van der Waals surface area contributed by atoms with Gasteiger partial charge in [0.15, 0.2) is 35.6 Å². The number of nitrogens with zero attached hydrogens (tertiary/aromatic N) is 3. The summed E-state index contributed by atoms with van der Waals surface area (Å²) in [7, 11) is -0.927. The summed E-state index contributed by atoms with van der Waals surface area (Å²) < 4.78 is 79.7. The number of morpholine rings is 1. The van der Waals surface area contributed by atoms with E-state index in [9.17, 15) is 26.7 Å². The van der Waals surface area contributed by atoms with Crippen molar-refractivity contribution in [2.75, 3.05) is 13.7 Å². The second-order valence-electron chi connectivity index (χ2n) is 10.4. The van der Waals surface area contributed by atoms with Crippen molar-refractivity contribution < 1.29 is 65.0 Å². The van der Waals surface area contributed by atoms with Crippen LogP contribution in [0, 0.1) is 25.5 Å². The van der Waals surface area contributed by atoms with Gasteiger partial charge in [0.05, 0.1) is 19.2 Å². The largest absolute Gasteiger partial charge is 0.492 e. The van der Waals surface area contributed by atoms with E-state index in [2.05, 4.69) is 0 Å². The molecular weight excluding hydrogens is 644 g/mol. The van der Waals surface area contributed by atoms with Gasteiger partial charge >= 0.3 is 20.7 Å². The van der Waals surface area contributed by atoms with Crippen molar-refractivity contribution in [3.05, 3.63) is 82.6 Å². The number of hydrogen-bond donors (Lipinski definition) is 3. The molecule has 2 aliphatic rings. The van der Waals surface area contributed by atoms with E-state index in [1.165, 1.54) is 13.0 Å². The summed E-state index contributed by atoms with van der Waals surface area (Å²) in [6.07, 6.45) is 1.50. The van der Waals surface area contributed by atoms with Gasteiger partial charge in [-0.15, -0.1) is 0 Å². The van der Waals surface area contributed by atoms with Gasteiger partial charge in [-0.05, 0) is 60.7 Å². The van der Waals surface area contributed by atoms with Gasteiger partial charge in [0.1, 0.15) is 18.5 Å². The standard InChI is InChI=1S/C27H29F2N3O6P.C2HF3O2/c1-16-8-19(11-21(28)26(16)29)22-7-5-20-13-37-25(27(33)32(20)22)10-18-4-6-23(24(9-18)36-3)30-12-17(2)31(14-30)15-38-39(34)35;3-2(4,5)1(6)7/h4,6,8-12,14,20,22,34-35H,5,7,13,15H2,1-3H3;(H,6,7)/q+1;/b25-10-;/t20-,22?;/m1./s1. The Bertz CT molecular complexity index is 1620. The lowest BCUT2D eigenvalue weighted by Gasteiger charge is -2.35. The first-order valence-electron chi connectivity index (χ1n) is 13.6. The molecule has 3 N–H and O–H groups in total. The van der Waals surface area contributed by atoms with Gasteiger partial charge in [0.2, 0.25) is 0 Å². The average Bonchev–Trinajstić information content (AvgIpc) is 3.59. The Balaban J connectivity index is 0.000000617. The number of aliphatic carboxylic acids is 1. The highest BCUT2D eigenvalue weighted by atomic mass is 31.2. The fourth-order valence-electron chi connectivity index (χ4n) is 5.18. The predicted octanol–water partition coefficient (Wildman–Crippen LogP) is 4.59. The van der Waals surface area contributed by atoms with Crippen molar-refractivity contribution in [2.45, 2.75) is 51.7 Å². The van der Waals surface area contributed by atoms with E-state index < -0.39 is 32.4 Å². The van der Waals surface area contributed by atoms with Gasteiger partial charge in [0, 0.05) is 6.92 Å². The van der Waals surface area contributed by atoms with Crippen LogP contribution in [0.4, 0.5) is 22.0 Å². The number of benzene rings is 2. The lowest BCUT2D eigenvalue weighted by atomic mass is 10.0. The number of amides is 1. The second kappa shape index (κ2) is 14.1. The van der Waals surface area contributed by atoms with Gasteiger partial charge in [-0.2, -0.15) is 17.7 Å². The molecule has 11 nitrogen and oxygen atoms in total. The summed E-state index contributed by atoms with van der Waals surface area (Å²) in [5, 5.41) is 7.12. The molecule has 5 rings (SSSR count). The zero-order chi connectivity index (χ0) is 33.9. The SMILES string of the molecule is COc1cc(/C=C2\OC[C@H]3CCC(c4cc(C)c(F)c(F)c4)N3C2=O)ccc1-[n+]1cc(C)n(COP(O)O)c1.O=C(O)C(F)(F)F. The number of fused-ring (bicyclic) bond motifs is 1. The van der Waals surface area contributed by atoms with Crippen LogP contribution in [-0.2, 0) is 25.6 Å². The van der Waals surface area contributed by atoms with Gasteiger partial charge < -0.3 is 29.3 Å². The minimum atomic E-state index is -5.08. The smallest absolute Gasteiger partial charge is 0.490 e. The Labute approximate surface area is 260 Å². The first-order chi connectivity index (χ1) is 21.6. The Kier molecular flexibility index (Phi) is 10.7. The van der Waals surface area contributed by atoms with Crippen LogP contribution in [0.5, 0.6) is 5.75 Å². The van der Waals surface area contributed by atoms with Crippen molar-refractivity contribution in [1.82, 2.24) is 9.47 Å². The predicted molar refractivity (Wildman–Crippen MR) is 151 cm³/mol. The van der Waals surface area contributed by atoms with E-state index >= 15 is 0 Å². The summed E-state index contributed by atoms with van der Waals surface area (Å²) >= 11 is 0. The molecule has 1 unspecified atom stereocenters. The van der Waals surface area contributed by atoms with Crippen LogP contribution in [0.1, 0.15) is 41.3 Å². The highest BCUT2D eigenvalue weighted by Gasteiger charge is 2.43. The minimum Gasteiger partial charge on any atom is -0.492 e. The molecule has 2 saturated heterocycles. The van der Waals surface area contributed by atoms with E-state index in [1.54, 1.807) is 41.1 Å². The van der Waals surface area contributed by atoms with Crippen LogP contribution < -0.4 is 9.30 Å². The third kappa shape index (κ3) is 7.81. The van der Waals surface area contributed by atoms with Crippen molar-refractivity contribution >= 4 is 26.6 Å². The van der Waals surface area contributed by atoms with Crippen molar-refractivity contribution in [1.29, 1.82) is 0 Å². The van der Waals surface area contributed by atoms with Gasteiger partial charge in [0.25, 0.3) is 12.2 Å². The highest BCUT2D eigenvalue weighted by molar-refractivity contribution is 7.39. The molecule has 2 atom stereocenters. The Hall–Kier alpha value is -4.11. The first-order valence-corrected chi connectivity index (χ1v) is 14.8. The molecule has 0 aliphatic carbocycles. The fraction of sp³-hybridized carbons (Fsp3) is 0.345. The van der Waals surface area contributed by atoms with Crippen molar-refractivity contribution in [3.8, 4) is 11.4 Å².